The van der Waals surface area contributed by atoms with E-state index in [1.807, 2.05) is 25.1 Å². The third kappa shape index (κ3) is 6.66. The number of benzene rings is 2. The summed E-state index contributed by atoms with van der Waals surface area (Å²) in [4.78, 5) is 4.30. The number of nitrogens with two attached hydrogens (primary N) is 1. The normalized spacial score (nSPS) is 10.8. The number of phenols is 1. The molecule has 0 saturated heterocycles. The fourth-order valence-corrected chi connectivity index (χ4v) is 2.14. The fraction of sp³-hybridized carbons (Fsp3) is 0.278. The summed E-state index contributed by atoms with van der Waals surface area (Å²) in [6, 6.07) is 15.4. The maximum atomic E-state index is 9.67. The van der Waals surface area contributed by atoms with E-state index in [1.165, 1.54) is 5.56 Å². The summed E-state index contributed by atoms with van der Waals surface area (Å²) < 4.78 is 5.35. The van der Waals surface area contributed by atoms with Crippen LogP contribution >= 0.6 is 24.0 Å². The van der Waals surface area contributed by atoms with Gasteiger partial charge in [-0.25, -0.2) is 4.99 Å². The second kappa shape index (κ2) is 10.7. The van der Waals surface area contributed by atoms with Gasteiger partial charge >= 0.3 is 0 Å². The van der Waals surface area contributed by atoms with Crippen molar-refractivity contribution < 1.29 is 9.84 Å². The minimum atomic E-state index is 0. The molecule has 24 heavy (non-hydrogen) atoms. The van der Waals surface area contributed by atoms with Crippen LogP contribution in [0.4, 0.5) is 0 Å². The lowest BCUT2D eigenvalue weighted by atomic mass is 10.1. The Morgan fingerprint density at radius 2 is 1.92 bits per heavy atom. The maximum Gasteiger partial charge on any atom is 0.188 e. The number of nitrogens with zero attached hydrogens (tertiary/aromatic N) is 1. The van der Waals surface area contributed by atoms with Gasteiger partial charge in [0.25, 0.3) is 0 Å². The van der Waals surface area contributed by atoms with Crippen molar-refractivity contribution in [2.45, 2.75) is 19.9 Å². The number of nitrogens with one attached hydrogen (secondary N) is 1. The van der Waals surface area contributed by atoms with E-state index >= 15 is 0 Å². The molecule has 5 nitrogen and oxygen atoms in total. The number of aliphatic imine (C=N–C) groups is 1. The van der Waals surface area contributed by atoms with E-state index < -0.39 is 0 Å². The highest BCUT2D eigenvalue weighted by Gasteiger charge is 2.03. The van der Waals surface area contributed by atoms with Gasteiger partial charge in [-0.3, -0.25) is 0 Å². The summed E-state index contributed by atoms with van der Waals surface area (Å²) in [6.45, 7) is 3.55. The molecular weight excluding hydrogens is 417 g/mol. The van der Waals surface area contributed by atoms with E-state index in [2.05, 4.69) is 22.4 Å². The Balaban J connectivity index is 0.00000288. The maximum absolute atomic E-state index is 9.67. The third-order valence-corrected chi connectivity index (χ3v) is 3.32. The lowest BCUT2D eigenvalue weighted by molar-refractivity contribution is 0.318. The van der Waals surface area contributed by atoms with Crippen LogP contribution in [0.1, 0.15) is 18.1 Å². The van der Waals surface area contributed by atoms with E-state index in [9.17, 15) is 5.11 Å². The molecule has 0 aliphatic carbocycles. The van der Waals surface area contributed by atoms with Crippen molar-refractivity contribution in [2.75, 3.05) is 13.2 Å². The molecule has 2 rings (SSSR count). The second-order valence-electron chi connectivity index (χ2n) is 5.10. The van der Waals surface area contributed by atoms with Crippen molar-refractivity contribution in [3.05, 3.63) is 59.7 Å². The Bertz CT molecular complexity index is 648. The molecule has 0 fully saturated rings. The number of rotatable bonds is 7. The zero-order valence-electron chi connectivity index (χ0n) is 13.7. The minimum Gasteiger partial charge on any atom is -0.504 e. The Morgan fingerprint density at radius 3 is 2.62 bits per heavy atom. The Labute approximate surface area is 160 Å². The molecule has 0 aromatic heterocycles. The summed E-state index contributed by atoms with van der Waals surface area (Å²) in [5.41, 5.74) is 8.06. The van der Waals surface area contributed by atoms with Gasteiger partial charge in [0, 0.05) is 6.54 Å². The number of aromatic hydroxyl groups is 1. The van der Waals surface area contributed by atoms with Gasteiger partial charge in [0.2, 0.25) is 0 Å². The number of guanidine groups is 1. The molecule has 2 aromatic rings. The number of phenolic OH excluding ortho intramolecular Hbond substituents is 1. The highest BCUT2D eigenvalue weighted by atomic mass is 127. The predicted octanol–water partition coefficient (Wildman–Crippen LogP) is 3.06. The smallest absolute Gasteiger partial charge is 0.188 e. The molecular formula is C18H24IN3O2. The summed E-state index contributed by atoms with van der Waals surface area (Å²) in [5, 5.41) is 12.8. The molecule has 0 bridgehead atoms. The van der Waals surface area contributed by atoms with Crippen LogP contribution in [-0.2, 0) is 13.0 Å². The number of hydrogen-bond acceptors (Lipinski definition) is 3. The van der Waals surface area contributed by atoms with Crippen LogP contribution in [0, 0.1) is 0 Å². The molecule has 4 N–H and O–H groups in total. The SMILES string of the molecule is CCOc1cc(CN=C(N)NCCc2ccccc2)ccc1O.I. The third-order valence-electron chi connectivity index (χ3n) is 3.32. The standard InChI is InChI=1S/C18H23N3O2.HI/c1-2-23-17-12-15(8-9-16(17)22)13-21-18(19)20-11-10-14-6-4-3-5-7-14;/h3-9,12,22H,2,10-11,13H2,1H3,(H3,19,20,21);1H. The van der Waals surface area contributed by atoms with Crippen molar-refractivity contribution >= 4 is 29.9 Å². The molecule has 0 spiro atoms. The van der Waals surface area contributed by atoms with E-state index in [4.69, 9.17) is 10.5 Å². The fourth-order valence-electron chi connectivity index (χ4n) is 2.14. The van der Waals surface area contributed by atoms with Crippen LogP contribution in [-0.4, -0.2) is 24.2 Å². The lowest BCUT2D eigenvalue weighted by Gasteiger charge is -2.08. The van der Waals surface area contributed by atoms with Crippen LogP contribution in [0.15, 0.2) is 53.5 Å². The summed E-state index contributed by atoms with van der Waals surface area (Å²) in [5.74, 6) is 1.01. The van der Waals surface area contributed by atoms with Crippen LogP contribution in [0.3, 0.4) is 0 Å². The molecule has 0 aliphatic heterocycles. The van der Waals surface area contributed by atoms with E-state index in [1.54, 1.807) is 18.2 Å². The average Bonchev–Trinajstić information content (AvgIpc) is 2.57. The Kier molecular flexibility index (Phi) is 8.99. The van der Waals surface area contributed by atoms with Crippen molar-refractivity contribution in [3.63, 3.8) is 0 Å². The molecule has 0 amide bonds. The van der Waals surface area contributed by atoms with Crippen LogP contribution in [0.25, 0.3) is 0 Å². The zero-order valence-corrected chi connectivity index (χ0v) is 16.1. The van der Waals surface area contributed by atoms with Gasteiger partial charge in [-0.1, -0.05) is 36.4 Å². The molecule has 0 unspecified atom stereocenters. The number of ether oxygens (including phenoxy) is 1. The molecule has 0 radical (unpaired) electrons. The number of halogens is 1. The first-order valence-electron chi connectivity index (χ1n) is 7.71. The molecule has 0 aliphatic rings. The van der Waals surface area contributed by atoms with Gasteiger partial charge in [-0.15, -0.1) is 24.0 Å². The number of hydrogen-bond donors (Lipinski definition) is 3. The van der Waals surface area contributed by atoms with E-state index in [0.717, 1.165) is 18.5 Å². The minimum absolute atomic E-state index is 0. The zero-order chi connectivity index (χ0) is 16.5. The molecule has 130 valence electrons. The first kappa shape index (κ1) is 20.1. The monoisotopic (exact) mass is 441 g/mol. The van der Waals surface area contributed by atoms with Gasteiger partial charge in [0.15, 0.2) is 17.5 Å². The quantitative estimate of drug-likeness (QED) is 0.351. The van der Waals surface area contributed by atoms with Crippen LogP contribution in [0.5, 0.6) is 11.5 Å². The summed E-state index contributed by atoms with van der Waals surface area (Å²) in [7, 11) is 0. The van der Waals surface area contributed by atoms with Crippen LogP contribution in [0.2, 0.25) is 0 Å². The Morgan fingerprint density at radius 1 is 1.17 bits per heavy atom. The molecule has 2 aromatic carbocycles. The van der Waals surface area contributed by atoms with Crippen molar-refractivity contribution in [3.8, 4) is 11.5 Å². The largest absolute Gasteiger partial charge is 0.504 e. The molecule has 0 heterocycles. The molecule has 0 saturated carbocycles. The molecule has 0 atom stereocenters. The van der Waals surface area contributed by atoms with Crippen molar-refractivity contribution in [2.24, 2.45) is 10.7 Å². The van der Waals surface area contributed by atoms with Crippen molar-refractivity contribution in [1.82, 2.24) is 5.32 Å². The van der Waals surface area contributed by atoms with Gasteiger partial charge in [-0.05, 0) is 36.6 Å². The van der Waals surface area contributed by atoms with Gasteiger partial charge in [0.05, 0.1) is 13.2 Å². The second-order valence-corrected chi connectivity index (χ2v) is 5.10. The predicted molar refractivity (Wildman–Crippen MR) is 108 cm³/mol. The van der Waals surface area contributed by atoms with Gasteiger partial charge in [0.1, 0.15) is 0 Å². The average molecular weight is 441 g/mol. The summed E-state index contributed by atoms with van der Waals surface area (Å²) >= 11 is 0. The highest BCUT2D eigenvalue weighted by molar-refractivity contribution is 14.0. The molecule has 6 heteroatoms. The van der Waals surface area contributed by atoms with E-state index in [0.29, 0.717) is 24.9 Å². The van der Waals surface area contributed by atoms with Crippen molar-refractivity contribution in [1.29, 1.82) is 0 Å². The van der Waals surface area contributed by atoms with Crippen LogP contribution < -0.4 is 15.8 Å². The van der Waals surface area contributed by atoms with Gasteiger partial charge in [-0.2, -0.15) is 0 Å². The lowest BCUT2D eigenvalue weighted by Crippen LogP contribution is -2.33. The topological polar surface area (TPSA) is 79.9 Å². The Hall–Kier alpha value is -1.96. The highest BCUT2D eigenvalue weighted by Crippen LogP contribution is 2.26. The first-order valence-corrected chi connectivity index (χ1v) is 7.71. The summed E-state index contributed by atoms with van der Waals surface area (Å²) in [6.07, 6.45) is 0.894. The van der Waals surface area contributed by atoms with Gasteiger partial charge < -0.3 is 20.9 Å². The van der Waals surface area contributed by atoms with E-state index in [-0.39, 0.29) is 29.7 Å². The first-order chi connectivity index (χ1) is 11.2.